The summed E-state index contributed by atoms with van der Waals surface area (Å²) in [4.78, 5) is 18.3. The number of anilines is 1. The second kappa shape index (κ2) is 10.2. The van der Waals surface area contributed by atoms with Crippen molar-refractivity contribution in [2.24, 2.45) is 5.10 Å². The van der Waals surface area contributed by atoms with Gasteiger partial charge in [-0.15, -0.1) is 0 Å². The first-order chi connectivity index (χ1) is 18.2. The third-order valence-corrected chi connectivity index (χ3v) is 7.62. The maximum absolute atomic E-state index is 13.7. The molecule has 0 aromatic heterocycles. The molecule has 1 fully saturated rings. The predicted octanol–water partition coefficient (Wildman–Crippen LogP) is 5.65. The number of piperazine rings is 1. The minimum absolute atomic E-state index is 0.0639. The Hall–Kier alpha value is -3.96. The Labute approximate surface area is 218 Å². The van der Waals surface area contributed by atoms with E-state index in [2.05, 4.69) is 95.6 Å². The van der Waals surface area contributed by atoms with Gasteiger partial charge in [0.05, 0.1) is 18.3 Å². The molecule has 0 bridgehead atoms. The van der Waals surface area contributed by atoms with Crippen LogP contribution in [0.25, 0.3) is 10.8 Å². The number of hydrazone groups is 1. The van der Waals surface area contributed by atoms with Crippen LogP contribution in [-0.4, -0.2) is 54.3 Å². The van der Waals surface area contributed by atoms with Gasteiger partial charge < -0.3 is 4.90 Å². The molecule has 0 saturated carbocycles. The number of rotatable bonds is 5. The zero-order valence-corrected chi connectivity index (χ0v) is 21.3. The Morgan fingerprint density at radius 2 is 1.51 bits per heavy atom. The molecule has 5 heteroatoms. The Morgan fingerprint density at radius 1 is 0.811 bits per heavy atom. The van der Waals surface area contributed by atoms with E-state index < -0.39 is 0 Å². The van der Waals surface area contributed by atoms with Crippen LogP contribution >= 0.6 is 0 Å². The molecular weight excluding hydrogens is 456 g/mol. The molecular formula is C32H32N4O. The zero-order chi connectivity index (χ0) is 25.2. The highest BCUT2D eigenvalue weighted by Crippen LogP contribution is 2.33. The molecule has 1 saturated heterocycles. The molecule has 6 rings (SSSR count). The van der Waals surface area contributed by atoms with Crippen molar-refractivity contribution in [3.05, 3.63) is 114 Å². The van der Waals surface area contributed by atoms with E-state index in [4.69, 9.17) is 5.10 Å². The summed E-state index contributed by atoms with van der Waals surface area (Å²) in [5, 5.41) is 9.07. The molecule has 37 heavy (non-hydrogen) atoms. The van der Waals surface area contributed by atoms with E-state index >= 15 is 0 Å². The van der Waals surface area contributed by atoms with Crippen LogP contribution in [0.2, 0.25) is 0 Å². The van der Waals surface area contributed by atoms with E-state index in [0.29, 0.717) is 6.54 Å². The first-order valence-electron chi connectivity index (χ1n) is 13.1. The number of hydrogen-bond donors (Lipinski definition) is 0. The molecule has 5 nitrogen and oxygen atoms in total. The van der Waals surface area contributed by atoms with Crippen molar-refractivity contribution >= 4 is 28.1 Å². The third-order valence-electron chi connectivity index (χ3n) is 7.62. The Bertz CT molecular complexity index is 1440. The van der Waals surface area contributed by atoms with Crippen LogP contribution in [0, 0.1) is 6.92 Å². The lowest BCUT2D eigenvalue weighted by Crippen LogP contribution is -2.49. The number of aryl methyl sites for hydroxylation is 1. The van der Waals surface area contributed by atoms with Crippen molar-refractivity contribution in [3.8, 4) is 0 Å². The maximum Gasteiger partial charge on any atom is 0.257 e. The summed E-state index contributed by atoms with van der Waals surface area (Å²) < 4.78 is 0. The van der Waals surface area contributed by atoms with Gasteiger partial charge in [-0.05, 0) is 46.5 Å². The molecule has 2 aliphatic heterocycles. The summed E-state index contributed by atoms with van der Waals surface area (Å²) in [5.74, 6) is 0.0639. The number of fused-ring (bicyclic) bond motifs is 1. The molecule has 0 aliphatic carbocycles. The number of benzene rings is 4. The smallest absolute Gasteiger partial charge is 0.257 e. The van der Waals surface area contributed by atoms with E-state index in [1.165, 1.54) is 22.0 Å². The Balaban J connectivity index is 1.20. The lowest BCUT2D eigenvalue weighted by atomic mass is 9.97. The summed E-state index contributed by atoms with van der Waals surface area (Å²) in [6.45, 7) is 6.13. The van der Waals surface area contributed by atoms with Crippen LogP contribution in [0.4, 0.5) is 5.69 Å². The maximum atomic E-state index is 13.7. The Morgan fingerprint density at radius 3 is 2.30 bits per heavy atom. The van der Waals surface area contributed by atoms with Gasteiger partial charge >= 0.3 is 0 Å². The fourth-order valence-electron chi connectivity index (χ4n) is 5.55. The van der Waals surface area contributed by atoms with E-state index in [0.717, 1.165) is 49.4 Å². The topological polar surface area (TPSA) is 39.1 Å². The van der Waals surface area contributed by atoms with E-state index in [1.807, 2.05) is 18.2 Å². The van der Waals surface area contributed by atoms with Gasteiger partial charge in [-0.1, -0.05) is 84.9 Å². The van der Waals surface area contributed by atoms with Crippen LogP contribution < -0.4 is 4.90 Å². The van der Waals surface area contributed by atoms with Crippen molar-refractivity contribution in [2.75, 3.05) is 37.6 Å². The van der Waals surface area contributed by atoms with Gasteiger partial charge in [0.25, 0.3) is 5.91 Å². The van der Waals surface area contributed by atoms with Gasteiger partial charge in [-0.25, -0.2) is 5.01 Å². The normalized spacial score (nSPS) is 18.3. The van der Waals surface area contributed by atoms with Gasteiger partial charge in [0.2, 0.25) is 0 Å². The summed E-state index contributed by atoms with van der Waals surface area (Å²) >= 11 is 0. The molecule has 4 aromatic rings. The van der Waals surface area contributed by atoms with Crippen molar-refractivity contribution in [1.82, 2.24) is 9.91 Å². The number of carbonyl (C=O) groups is 1. The van der Waals surface area contributed by atoms with Gasteiger partial charge in [-0.2, -0.15) is 5.10 Å². The van der Waals surface area contributed by atoms with Crippen LogP contribution in [0.3, 0.4) is 0 Å². The fraction of sp³-hybridized carbons (Fsp3) is 0.250. The van der Waals surface area contributed by atoms with Crippen molar-refractivity contribution < 1.29 is 4.79 Å². The largest absolute Gasteiger partial charge is 0.369 e. The molecule has 4 aromatic carbocycles. The molecule has 0 unspecified atom stereocenters. The Kier molecular flexibility index (Phi) is 6.46. The second-order valence-electron chi connectivity index (χ2n) is 10.0. The van der Waals surface area contributed by atoms with Crippen LogP contribution in [0.5, 0.6) is 0 Å². The number of para-hydroxylation sites is 1. The number of nitrogens with zero attached hydrogens (tertiary/aromatic N) is 4. The van der Waals surface area contributed by atoms with E-state index in [-0.39, 0.29) is 11.9 Å². The zero-order valence-electron chi connectivity index (χ0n) is 21.3. The molecule has 186 valence electrons. The van der Waals surface area contributed by atoms with Gasteiger partial charge in [0.15, 0.2) is 0 Å². The van der Waals surface area contributed by atoms with Gasteiger partial charge in [0.1, 0.15) is 0 Å². The van der Waals surface area contributed by atoms with Gasteiger partial charge in [0, 0.05) is 38.3 Å². The number of hydrogen-bond acceptors (Lipinski definition) is 4. The molecule has 2 heterocycles. The summed E-state index contributed by atoms with van der Waals surface area (Å²) in [5.41, 5.74) is 5.77. The number of carbonyl (C=O) groups excluding carboxylic acids is 1. The molecule has 0 N–H and O–H groups in total. The molecule has 0 spiro atoms. The lowest BCUT2D eigenvalue weighted by molar-refractivity contribution is -0.134. The summed E-state index contributed by atoms with van der Waals surface area (Å²) in [6, 6.07) is 33.6. The first kappa shape index (κ1) is 23.4. The minimum Gasteiger partial charge on any atom is -0.369 e. The average molecular weight is 489 g/mol. The summed E-state index contributed by atoms with van der Waals surface area (Å²) in [6.07, 6.45) is 0.717. The average Bonchev–Trinajstić information content (AvgIpc) is 3.40. The minimum atomic E-state index is -0.0802. The molecule has 0 radical (unpaired) electrons. The SMILES string of the molecule is Cc1ccccc1N1CCN(CC(=O)N2N=C(c3ccc4ccccc4c3)C[C@H]2c2ccccc2)CC1. The number of amides is 1. The quantitative estimate of drug-likeness (QED) is 0.365. The molecule has 1 amide bonds. The predicted molar refractivity (Wildman–Crippen MR) is 151 cm³/mol. The van der Waals surface area contributed by atoms with Crippen LogP contribution in [-0.2, 0) is 4.79 Å². The highest BCUT2D eigenvalue weighted by molar-refractivity contribution is 6.05. The van der Waals surface area contributed by atoms with E-state index in [9.17, 15) is 4.79 Å². The first-order valence-corrected chi connectivity index (χ1v) is 13.1. The van der Waals surface area contributed by atoms with Crippen molar-refractivity contribution in [1.29, 1.82) is 0 Å². The monoisotopic (exact) mass is 488 g/mol. The van der Waals surface area contributed by atoms with Crippen molar-refractivity contribution in [2.45, 2.75) is 19.4 Å². The highest BCUT2D eigenvalue weighted by atomic mass is 16.2. The van der Waals surface area contributed by atoms with Gasteiger partial charge in [-0.3, -0.25) is 9.69 Å². The molecule has 1 atom stereocenters. The summed E-state index contributed by atoms with van der Waals surface area (Å²) in [7, 11) is 0. The van der Waals surface area contributed by atoms with Crippen molar-refractivity contribution in [3.63, 3.8) is 0 Å². The van der Waals surface area contributed by atoms with Crippen LogP contribution in [0.1, 0.15) is 29.2 Å². The molecule has 2 aliphatic rings. The third kappa shape index (κ3) is 4.87. The fourth-order valence-corrected chi connectivity index (χ4v) is 5.55. The second-order valence-corrected chi connectivity index (χ2v) is 10.0. The van der Waals surface area contributed by atoms with E-state index in [1.54, 1.807) is 5.01 Å². The van der Waals surface area contributed by atoms with Crippen LogP contribution in [0.15, 0.2) is 102 Å². The lowest BCUT2D eigenvalue weighted by Gasteiger charge is -2.37. The highest BCUT2D eigenvalue weighted by Gasteiger charge is 2.34. The standard InChI is InChI=1S/C32H32N4O/c1-24-9-5-8-14-30(24)35-19-17-34(18-20-35)23-32(37)36-31(26-11-3-2-4-12-26)22-29(33-36)28-16-15-25-10-6-7-13-27(25)21-28/h2-16,21,31H,17-20,22-23H2,1H3/t31-/m0/s1.